The Labute approximate surface area is 358 Å². The number of aryl methyl sites for hydroxylation is 1. The van der Waals surface area contributed by atoms with Crippen molar-refractivity contribution in [2.24, 2.45) is 0 Å². The first-order valence-electron chi connectivity index (χ1n) is 20.9. The molecule has 1 aromatic carbocycles. The first-order valence-corrected chi connectivity index (χ1v) is 20.9. The standard InChI is InChI=1S/C41H56F2N10O9/c42-41(43)22-31(23-44)53(29-41)35(54)24-46-40(62)32-6-7-45-34-5-4-30(21-33(32)34)3-1-2-8-47-17-19-52(20-18-47)36(55)25-48-9-11-49(26-37(56)57)13-15-51(28-39(60)61)16-14-50(12-10-48)27-38(58)59/h4-7,21,31H,1-3,8-20,22,24-29H2,(H,46,62)(H,56,57)(H,58,59)(H,60,61)/t31-/m0/s1. The van der Waals surface area contributed by atoms with Crippen LogP contribution in [0.1, 0.15) is 35.2 Å². The van der Waals surface area contributed by atoms with Gasteiger partial charge in [-0.15, -0.1) is 0 Å². The summed E-state index contributed by atoms with van der Waals surface area (Å²) >= 11 is 0. The van der Waals surface area contributed by atoms with Crippen LogP contribution in [0.2, 0.25) is 0 Å². The molecule has 3 aliphatic heterocycles. The van der Waals surface area contributed by atoms with Gasteiger partial charge in [0.15, 0.2) is 0 Å². The number of likely N-dealkylation sites (tertiary alicyclic amines) is 1. The van der Waals surface area contributed by atoms with Crippen LogP contribution >= 0.6 is 0 Å². The Morgan fingerprint density at radius 1 is 0.726 bits per heavy atom. The van der Waals surface area contributed by atoms with Crippen LogP contribution in [0.3, 0.4) is 0 Å². The number of nitriles is 1. The maximum atomic E-state index is 13.8. The fraction of sp³-hybridized carbons (Fsp3) is 0.610. The molecule has 3 amide bonds. The molecule has 0 aliphatic carbocycles. The van der Waals surface area contributed by atoms with Gasteiger partial charge in [0.05, 0.1) is 56.4 Å². The van der Waals surface area contributed by atoms with Crippen molar-refractivity contribution in [3.63, 3.8) is 0 Å². The lowest BCUT2D eigenvalue weighted by Crippen LogP contribution is -2.53. The number of hydrogen-bond acceptors (Lipinski definition) is 13. The van der Waals surface area contributed by atoms with Gasteiger partial charge in [-0.25, -0.2) is 8.78 Å². The number of halogens is 2. The number of nitrogens with one attached hydrogen (secondary N) is 1. The molecular formula is C41H56F2N10O9. The highest BCUT2D eigenvalue weighted by Gasteiger charge is 2.47. The number of amides is 3. The van der Waals surface area contributed by atoms with Crippen LogP contribution in [0.5, 0.6) is 0 Å². The van der Waals surface area contributed by atoms with E-state index < -0.39 is 61.2 Å². The lowest BCUT2D eigenvalue weighted by atomic mass is 10.0. The Kier molecular flexibility index (Phi) is 17.4. The van der Waals surface area contributed by atoms with E-state index in [4.69, 9.17) is 0 Å². The summed E-state index contributed by atoms with van der Waals surface area (Å²) in [4.78, 5) is 90.4. The minimum absolute atomic E-state index is 0.0618. The van der Waals surface area contributed by atoms with Crippen LogP contribution < -0.4 is 5.32 Å². The topological polar surface area (TPSA) is 234 Å². The summed E-state index contributed by atoms with van der Waals surface area (Å²) in [7, 11) is 0. The molecule has 4 N–H and O–H groups in total. The van der Waals surface area contributed by atoms with E-state index in [1.54, 1.807) is 20.8 Å². The smallest absolute Gasteiger partial charge is 0.317 e. The van der Waals surface area contributed by atoms with Gasteiger partial charge in [0, 0.05) is 96.5 Å². The highest BCUT2D eigenvalue weighted by molar-refractivity contribution is 6.07. The van der Waals surface area contributed by atoms with Crippen LogP contribution in [0, 0.1) is 11.3 Å². The SMILES string of the molecule is N#C[C@@H]1CC(F)(F)CN1C(=O)CNC(=O)c1ccnc2ccc(CCCCN3CCN(C(=O)CN4CCN(CC(=O)O)CCN(CC(=O)O)CCN(CC(=O)O)CC4)CC3)cc12. The molecule has 3 fully saturated rings. The summed E-state index contributed by atoms with van der Waals surface area (Å²) in [6.45, 7) is 3.87. The molecule has 3 aliphatic rings. The Morgan fingerprint density at radius 3 is 1.79 bits per heavy atom. The van der Waals surface area contributed by atoms with E-state index >= 15 is 0 Å². The van der Waals surface area contributed by atoms with E-state index in [-0.39, 0.29) is 37.6 Å². The van der Waals surface area contributed by atoms with Crippen LogP contribution in [-0.2, 0) is 30.4 Å². The number of pyridine rings is 1. The van der Waals surface area contributed by atoms with Gasteiger partial charge in [-0.05, 0) is 49.6 Å². The molecule has 1 atom stereocenters. The molecule has 3 saturated heterocycles. The lowest BCUT2D eigenvalue weighted by molar-refractivity contribution is -0.141. The van der Waals surface area contributed by atoms with Gasteiger partial charge < -0.3 is 30.4 Å². The van der Waals surface area contributed by atoms with Crippen molar-refractivity contribution in [3.05, 3.63) is 41.6 Å². The molecule has 19 nitrogen and oxygen atoms in total. The number of carboxylic acid groups (broad SMARTS) is 3. The number of carboxylic acids is 3. The Hall–Kier alpha value is -5.40. The van der Waals surface area contributed by atoms with Crippen LogP contribution in [-0.4, -0.2) is 227 Å². The van der Waals surface area contributed by atoms with E-state index in [0.29, 0.717) is 89.4 Å². The largest absolute Gasteiger partial charge is 0.480 e. The molecule has 0 spiro atoms. The number of fused-ring (bicyclic) bond motifs is 1. The van der Waals surface area contributed by atoms with E-state index in [0.717, 1.165) is 36.3 Å². The molecule has 338 valence electrons. The predicted octanol–water partition coefficient (Wildman–Crippen LogP) is -0.333. The monoisotopic (exact) mass is 870 g/mol. The molecular weight excluding hydrogens is 815 g/mol. The highest BCUT2D eigenvalue weighted by atomic mass is 19.3. The van der Waals surface area contributed by atoms with E-state index in [1.807, 2.05) is 28.0 Å². The first kappa shape index (κ1) is 47.6. The minimum atomic E-state index is -3.16. The second-order valence-corrected chi connectivity index (χ2v) is 16.1. The third kappa shape index (κ3) is 14.6. The number of unbranched alkanes of at least 4 members (excludes halogenated alkanes) is 1. The zero-order chi connectivity index (χ0) is 44.8. The maximum absolute atomic E-state index is 13.8. The van der Waals surface area contributed by atoms with Gasteiger partial charge >= 0.3 is 17.9 Å². The fourth-order valence-corrected chi connectivity index (χ4v) is 8.06. The molecule has 4 heterocycles. The van der Waals surface area contributed by atoms with E-state index in [1.165, 1.54) is 12.3 Å². The number of benzene rings is 1. The molecule has 0 bridgehead atoms. The molecule has 0 radical (unpaired) electrons. The summed E-state index contributed by atoms with van der Waals surface area (Å²) in [5, 5.41) is 40.7. The summed E-state index contributed by atoms with van der Waals surface area (Å²) in [6.07, 6.45) is 3.21. The molecule has 1 aromatic heterocycles. The number of nitrogens with zero attached hydrogens (tertiary/aromatic N) is 9. The van der Waals surface area contributed by atoms with Gasteiger partial charge in [-0.3, -0.25) is 58.3 Å². The van der Waals surface area contributed by atoms with E-state index in [9.17, 15) is 58.1 Å². The number of aromatic nitrogens is 1. The Balaban J connectivity index is 1.08. The summed E-state index contributed by atoms with van der Waals surface area (Å²) in [5.74, 6) is -7.59. The number of carbonyl (C=O) groups is 6. The van der Waals surface area contributed by atoms with Crippen molar-refractivity contribution in [1.29, 1.82) is 5.26 Å². The number of piperazine rings is 1. The second kappa shape index (κ2) is 22.6. The van der Waals surface area contributed by atoms with Crippen molar-refractivity contribution in [2.75, 3.05) is 124 Å². The average molecular weight is 871 g/mol. The Morgan fingerprint density at radius 2 is 1.26 bits per heavy atom. The number of alkyl halides is 2. The van der Waals surface area contributed by atoms with Crippen molar-refractivity contribution in [3.8, 4) is 6.07 Å². The normalized spacial score (nSPS) is 20.2. The first-order chi connectivity index (χ1) is 29.6. The number of hydrogen-bond donors (Lipinski definition) is 4. The summed E-state index contributed by atoms with van der Waals surface area (Å²) in [5.41, 5.74) is 1.86. The van der Waals surface area contributed by atoms with Gasteiger partial charge in [0.2, 0.25) is 11.8 Å². The van der Waals surface area contributed by atoms with Crippen molar-refractivity contribution >= 4 is 46.5 Å². The third-order valence-electron chi connectivity index (χ3n) is 11.5. The van der Waals surface area contributed by atoms with Crippen LogP contribution in [0.25, 0.3) is 10.9 Å². The summed E-state index contributed by atoms with van der Waals surface area (Å²) in [6, 6.07) is 7.66. The maximum Gasteiger partial charge on any atom is 0.317 e. The molecule has 0 saturated carbocycles. The average Bonchev–Trinajstić information content (AvgIpc) is 3.55. The molecule has 5 rings (SSSR count). The molecule has 62 heavy (non-hydrogen) atoms. The van der Waals surface area contributed by atoms with Crippen molar-refractivity contribution in [2.45, 2.75) is 37.6 Å². The van der Waals surface area contributed by atoms with Gasteiger partial charge in [-0.1, -0.05) is 6.07 Å². The van der Waals surface area contributed by atoms with Crippen LogP contribution in [0.15, 0.2) is 30.5 Å². The lowest BCUT2D eigenvalue weighted by Gasteiger charge is -2.37. The van der Waals surface area contributed by atoms with E-state index in [2.05, 4.69) is 15.2 Å². The van der Waals surface area contributed by atoms with Gasteiger partial charge in [-0.2, -0.15) is 5.26 Å². The molecule has 0 unspecified atom stereocenters. The third-order valence-corrected chi connectivity index (χ3v) is 11.5. The molecule has 21 heteroatoms. The van der Waals surface area contributed by atoms with Crippen molar-refractivity contribution in [1.82, 2.24) is 44.6 Å². The summed E-state index contributed by atoms with van der Waals surface area (Å²) < 4.78 is 27.7. The number of carbonyl (C=O) groups excluding carboxylic acids is 3. The minimum Gasteiger partial charge on any atom is -0.480 e. The quantitative estimate of drug-likeness (QED) is 0.158. The van der Waals surface area contributed by atoms with Gasteiger partial charge in [0.25, 0.3) is 11.8 Å². The number of aliphatic carboxylic acids is 3. The van der Waals surface area contributed by atoms with Gasteiger partial charge in [0.1, 0.15) is 6.04 Å². The van der Waals surface area contributed by atoms with Crippen molar-refractivity contribution < 1.29 is 52.9 Å². The van der Waals surface area contributed by atoms with Crippen LogP contribution in [0.4, 0.5) is 8.78 Å². The fourth-order valence-electron chi connectivity index (χ4n) is 8.06. The highest BCUT2D eigenvalue weighted by Crippen LogP contribution is 2.31. The second-order valence-electron chi connectivity index (χ2n) is 16.1. The Bertz CT molecular complexity index is 1930. The number of rotatable bonds is 16. The zero-order valence-electron chi connectivity index (χ0n) is 34.8. The predicted molar refractivity (Wildman–Crippen MR) is 219 cm³/mol. The molecule has 2 aromatic rings. The zero-order valence-corrected chi connectivity index (χ0v) is 34.8.